The van der Waals surface area contributed by atoms with Crippen LogP contribution in [0.15, 0.2) is 30.6 Å². The van der Waals surface area contributed by atoms with Gasteiger partial charge >= 0.3 is 0 Å². The van der Waals surface area contributed by atoms with Crippen molar-refractivity contribution < 1.29 is 17.9 Å². The summed E-state index contributed by atoms with van der Waals surface area (Å²) in [5.41, 5.74) is 0.756. The second-order valence-corrected chi connectivity index (χ2v) is 11.1. The van der Waals surface area contributed by atoms with E-state index in [1.807, 2.05) is 4.57 Å². The molecule has 2 aliphatic carbocycles. The highest BCUT2D eigenvalue weighted by atomic mass is 35.5. The summed E-state index contributed by atoms with van der Waals surface area (Å²) in [7, 11) is -1.02. The van der Waals surface area contributed by atoms with Crippen molar-refractivity contribution in [3.05, 3.63) is 41.4 Å². The van der Waals surface area contributed by atoms with Crippen molar-refractivity contribution in [2.24, 2.45) is 5.41 Å². The first-order valence-corrected chi connectivity index (χ1v) is 12.7. The molecular weight excluding hydrogens is 482 g/mol. The molecule has 13 heteroatoms. The number of nitrogens with zero attached hydrogens (tertiary/aromatic N) is 6. The van der Waals surface area contributed by atoms with Crippen LogP contribution < -0.4 is 9.46 Å². The SMILES string of the molecule is COc1cccc(-c2nnc(NS(=O)(=O)C(C)C(OC)c3ncc(Cl)cn3)n2[C@H]2CC23CC3)n1. The van der Waals surface area contributed by atoms with Crippen molar-refractivity contribution >= 4 is 27.6 Å². The normalized spacial score (nSPS) is 20.1. The number of halogens is 1. The van der Waals surface area contributed by atoms with E-state index in [2.05, 4.69) is 29.9 Å². The van der Waals surface area contributed by atoms with Crippen molar-refractivity contribution in [2.75, 3.05) is 18.9 Å². The van der Waals surface area contributed by atoms with E-state index in [9.17, 15) is 8.42 Å². The molecule has 1 N–H and O–H groups in total. The molecule has 2 unspecified atom stereocenters. The summed E-state index contributed by atoms with van der Waals surface area (Å²) >= 11 is 5.86. The van der Waals surface area contributed by atoms with Crippen molar-refractivity contribution in [3.63, 3.8) is 0 Å². The number of aromatic nitrogens is 6. The van der Waals surface area contributed by atoms with Gasteiger partial charge in [-0.25, -0.2) is 23.4 Å². The Morgan fingerprint density at radius 1 is 1.21 bits per heavy atom. The molecule has 34 heavy (non-hydrogen) atoms. The van der Waals surface area contributed by atoms with E-state index in [0.29, 0.717) is 22.4 Å². The molecular formula is C21H24ClN7O4S. The summed E-state index contributed by atoms with van der Waals surface area (Å²) in [6.07, 6.45) is 5.03. The first-order valence-electron chi connectivity index (χ1n) is 10.8. The van der Waals surface area contributed by atoms with Gasteiger partial charge in [-0.1, -0.05) is 17.7 Å². The van der Waals surface area contributed by atoms with Gasteiger partial charge in [0.15, 0.2) is 11.6 Å². The summed E-state index contributed by atoms with van der Waals surface area (Å²) < 4.78 is 41.9. The first-order chi connectivity index (χ1) is 16.3. The van der Waals surface area contributed by atoms with Crippen LogP contribution in [0.3, 0.4) is 0 Å². The van der Waals surface area contributed by atoms with Gasteiger partial charge in [0.05, 0.1) is 12.1 Å². The molecule has 3 heterocycles. The molecule has 3 aromatic heterocycles. The Hall–Kier alpha value is -2.83. The summed E-state index contributed by atoms with van der Waals surface area (Å²) in [6, 6.07) is 5.45. The van der Waals surface area contributed by atoms with Crippen molar-refractivity contribution in [1.82, 2.24) is 29.7 Å². The zero-order chi connectivity index (χ0) is 24.1. The fraction of sp³-hybridized carbons (Fsp3) is 0.476. The minimum absolute atomic E-state index is 0.108. The van der Waals surface area contributed by atoms with E-state index < -0.39 is 21.4 Å². The number of nitrogens with one attached hydrogen (secondary N) is 1. The van der Waals surface area contributed by atoms with Crippen LogP contribution in [0.4, 0.5) is 5.95 Å². The lowest BCUT2D eigenvalue weighted by molar-refractivity contribution is 0.0950. The number of ether oxygens (including phenoxy) is 2. The Morgan fingerprint density at radius 3 is 2.56 bits per heavy atom. The maximum Gasteiger partial charge on any atom is 0.240 e. The van der Waals surface area contributed by atoms with Crippen LogP contribution in [0.25, 0.3) is 11.5 Å². The Balaban J connectivity index is 1.47. The van der Waals surface area contributed by atoms with Crippen LogP contribution in [0.5, 0.6) is 5.88 Å². The molecule has 2 saturated carbocycles. The van der Waals surface area contributed by atoms with Crippen molar-refractivity contribution in [1.29, 1.82) is 0 Å². The van der Waals surface area contributed by atoms with Gasteiger partial charge in [0, 0.05) is 31.6 Å². The van der Waals surface area contributed by atoms with Gasteiger partial charge in [-0.05, 0) is 37.7 Å². The number of hydrogen-bond acceptors (Lipinski definition) is 9. The standard InChI is InChI=1S/C21H24ClN7O4S/c1-12(17(33-3)18-23-10-13(22)11-24-18)34(30,31)28-20-27-26-19(14-5-4-6-16(25-14)32-2)29(20)15-9-21(15)7-8-21/h4-6,10-12,15,17H,7-9H2,1-3H3,(H,27,28)/t12?,15-,17?/m0/s1. The number of hydrogen-bond donors (Lipinski definition) is 1. The summed E-state index contributed by atoms with van der Waals surface area (Å²) in [5, 5.41) is 7.80. The smallest absolute Gasteiger partial charge is 0.240 e. The van der Waals surface area contributed by atoms with Gasteiger partial charge < -0.3 is 9.47 Å². The summed E-state index contributed by atoms with van der Waals surface area (Å²) in [6.45, 7) is 1.53. The average molecular weight is 506 g/mol. The zero-order valence-corrected chi connectivity index (χ0v) is 20.4. The topological polar surface area (TPSA) is 134 Å². The third-order valence-electron chi connectivity index (χ3n) is 6.51. The highest BCUT2D eigenvalue weighted by Crippen LogP contribution is 2.73. The molecule has 0 radical (unpaired) electrons. The van der Waals surface area contributed by atoms with Gasteiger partial charge in [0.1, 0.15) is 17.0 Å². The lowest BCUT2D eigenvalue weighted by Gasteiger charge is -2.22. The van der Waals surface area contributed by atoms with Crippen LogP contribution in [0.1, 0.15) is 44.2 Å². The Bertz CT molecular complexity index is 1310. The molecule has 180 valence electrons. The minimum atomic E-state index is -3.97. The predicted molar refractivity (Wildman–Crippen MR) is 124 cm³/mol. The lowest BCUT2D eigenvalue weighted by Crippen LogP contribution is -2.33. The third-order valence-corrected chi connectivity index (χ3v) is 8.39. The molecule has 0 saturated heterocycles. The van der Waals surface area contributed by atoms with E-state index in [0.717, 1.165) is 19.3 Å². The van der Waals surface area contributed by atoms with Crippen LogP contribution in [0, 0.1) is 5.41 Å². The fourth-order valence-electron chi connectivity index (χ4n) is 4.23. The molecule has 0 aliphatic heterocycles. The van der Waals surface area contributed by atoms with Gasteiger partial charge in [-0.15, -0.1) is 10.2 Å². The highest BCUT2D eigenvalue weighted by Gasteiger charge is 2.65. The number of pyridine rings is 1. The summed E-state index contributed by atoms with van der Waals surface area (Å²) in [4.78, 5) is 12.7. The van der Waals surface area contributed by atoms with Crippen LogP contribution in [0.2, 0.25) is 5.02 Å². The Labute approximate surface area is 202 Å². The largest absolute Gasteiger partial charge is 0.481 e. The molecule has 0 aromatic carbocycles. The Morgan fingerprint density at radius 2 is 1.94 bits per heavy atom. The molecule has 5 rings (SSSR count). The van der Waals surface area contributed by atoms with E-state index >= 15 is 0 Å². The molecule has 1 spiro atoms. The first kappa shape index (κ1) is 22.9. The third kappa shape index (κ3) is 4.10. The van der Waals surface area contributed by atoms with Gasteiger partial charge in [-0.2, -0.15) is 0 Å². The summed E-state index contributed by atoms with van der Waals surface area (Å²) in [5.74, 6) is 1.28. The van der Waals surface area contributed by atoms with Gasteiger partial charge in [0.25, 0.3) is 0 Å². The predicted octanol–water partition coefficient (Wildman–Crippen LogP) is 3.04. The van der Waals surface area contributed by atoms with Crippen molar-refractivity contribution in [3.8, 4) is 17.4 Å². The number of sulfonamides is 1. The second kappa shape index (κ2) is 8.43. The second-order valence-electron chi connectivity index (χ2n) is 8.63. The zero-order valence-electron chi connectivity index (χ0n) is 18.8. The molecule has 2 fully saturated rings. The van der Waals surface area contributed by atoms with E-state index in [1.165, 1.54) is 33.5 Å². The van der Waals surface area contributed by atoms with E-state index in [1.54, 1.807) is 18.2 Å². The molecule has 11 nitrogen and oxygen atoms in total. The Kier molecular flexibility index (Phi) is 5.69. The number of rotatable bonds is 9. The molecule has 2 aliphatic rings. The monoisotopic (exact) mass is 505 g/mol. The van der Waals surface area contributed by atoms with Crippen LogP contribution >= 0.6 is 11.6 Å². The molecule has 0 amide bonds. The quantitative estimate of drug-likeness (QED) is 0.465. The maximum absolute atomic E-state index is 13.4. The highest BCUT2D eigenvalue weighted by molar-refractivity contribution is 7.93. The van der Waals surface area contributed by atoms with E-state index in [-0.39, 0.29) is 23.2 Å². The lowest BCUT2D eigenvalue weighted by atomic mass is 10.2. The average Bonchev–Trinajstić information content (AvgIpc) is 3.73. The van der Waals surface area contributed by atoms with Crippen LogP contribution in [-0.4, -0.2) is 57.6 Å². The maximum atomic E-state index is 13.4. The van der Waals surface area contributed by atoms with Gasteiger partial charge in [0.2, 0.25) is 21.9 Å². The number of anilines is 1. The van der Waals surface area contributed by atoms with Gasteiger partial charge in [-0.3, -0.25) is 9.29 Å². The van der Waals surface area contributed by atoms with E-state index in [4.69, 9.17) is 21.1 Å². The van der Waals surface area contributed by atoms with Crippen LogP contribution in [-0.2, 0) is 14.8 Å². The number of methoxy groups -OCH3 is 2. The molecule has 3 atom stereocenters. The minimum Gasteiger partial charge on any atom is -0.481 e. The molecule has 3 aromatic rings. The fourth-order valence-corrected chi connectivity index (χ4v) is 5.47. The van der Waals surface area contributed by atoms with Crippen molar-refractivity contribution in [2.45, 2.75) is 43.6 Å². The molecule has 0 bridgehead atoms.